The van der Waals surface area contributed by atoms with Crippen molar-refractivity contribution < 1.29 is 0 Å². The third-order valence-corrected chi connectivity index (χ3v) is 5.23. The van der Waals surface area contributed by atoms with E-state index >= 15 is 0 Å². The van der Waals surface area contributed by atoms with Crippen LogP contribution in [0.15, 0.2) is 24.3 Å². The first kappa shape index (κ1) is 17.4. The second kappa shape index (κ2) is 6.64. The first-order valence-electron chi connectivity index (χ1n) is 8.32. The summed E-state index contributed by atoms with van der Waals surface area (Å²) in [6.45, 7) is 7.02. The molecule has 0 N–H and O–H groups in total. The molecule has 0 saturated heterocycles. The van der Waals surface area contributed by atoms with E-state index in [1.165, 1.54) is 43.1 Å². The molecule has 0 amide bonds. The maximum atomic E-state index is 2.58. The van der Waals surface area contributed by atoms with Crippen molar-refractivity contribution in [2.45, 2.75) is 51.5 Å². The van der Waals surface area contributed by atoms with E-state index in [-0.39, 0.29) is 12.4 Å². The van der Waals surface area contributed by atoms with Crippen molar-refractivity contribution in [1.82, 2.24) is 9.47 Å². The average Bonchev–Trinajstić information content (AvgIpc) is 2.81. The van der Waals surface area contributed by atoms with Gasteiger partial charge in [0.15, 0.2) is 0 Å². The van der Waals surface area contributed by atoms with Gasteiger partial charge in [0.05, 0.1) is 0 Å². The Bertz CT molecular complexity index is 611. The molecule has 0 aliphatic heterocycles. The molecule has 1 aliphatic carbocycles. The van der Waals surface area contributed by atoms with Crippen molar-refractivity contribution in [2.24, 2.45) is 0 Å². The first-order valence-corrected chi connectivity index (χ1v) is 8.32. The number of hydrogen-bond acceptors (Lipinski definition) is 1. The molecule has 1 unspecified atom stereocenters. The van der Waals surface area contributed by atoms with Gasteiger partial charge in [-0.25, -0.2) is 0 Å². The number of nitrogens with zero attached hydrogens (tertiary/aromatic N) is 2. The Labute approximate surface area is 140 Å². The van der Waals surface area contributed by atoms with Crippen molar-refractivity contribution in [3.05, 3.63) is 35.5 Å². The highest BCUT2D eigenvalue weighted by Crippen LogP contribution is 2.44. The lowest BCUT2D eigenvalue weighted by molar-refractivity contribution is 0.289. The second-order valence-electron chi connectivity index (χ2n) is 7.06. The lowest BCUT2D eigenvalue weighted by Crippen LogP contribution is -2.33. The molecule has 0 bridgehead atoms. The number of hydrogen-bond donors (Lipinski definition) is 0. The second-order valence-corrected chi connectivity index (χ2v) is 7.06. The monoisotopic (exact) mass is 320 g/mol. The van der Waals surface area contributed by atoms with Crippen LogP contribution in [-0.2, 0) is 18.4 Å². The highest BCUT2D eigenvalue weighted by Gasteiger charge is 2.36. The van der Waals surface area contributed by atoms with E-state index in [9.17, 15) is 0 Å². The molecule has 0 radical (unpaired) electrons. The van der Waals surface area contributed by atoms with Crippen molar-refractivity contribution in [1.29, 1.82) is 0 Å². The fourth-order valence-corrected chi connectivity index (χ4v) is 4.13. The zero-order valence-corrected chi connectivity index (χ0v) is 15.2. The summed E-state index contributed by atoms with van der Waals surface area (Å²) in [4.78, 5) is 2.32. The summed E-state index contributed by atoms with van der Waals surface area (Å²) in [6.07, 6.45) is 5.16. The molecule has 1 atom stereocenters. The first-order chi connectivity index (χ1) is 10.1. The zero-order chi connectivity index (χ0) is 15.0. The lowest BCUT2D eigenvalue weighted by atomic mass is 9.72. The molecule has 2 nitrogen and oxygen atoms in total. The van der Waals surface area contributed by atoms with E-state index in [1.54, 1.807) is 11.3 Å². The number of aromatic nitrogens is 1. The number of benzene rings is 1. The maximum Gasteiger partial charge on any atom is 0.0485 e. The third-order valence-electron chi connectivity index (χ3n) is 5.23. The van der Waals surface area contributed by atoms with Gasteiger partial charge < -0.3 is 9.47 Å². The minimum absolute atomic E-state index is 0. The van der Waals surface area contributed by atoms with Crippen molar-refractivity contribution in [3.8, 4) is 0 Å². The predicted molar refractivity (Wildman–Crippen MR) is 98.3 cm³/mol. The molecular weight excluding hydrogens is 292 g/mol. The van der Waals surface area contributed by atoms with E-state index in [0.29, 0.717) is 5.41 Å². The van der Waals surface area contributed by atoms with Crippen molar-refractivity contribution >= 4 is 23.3 Å². The minimum Gasteiger partial charge on any atom is -0.344 e. The van der Waals surface area contributed by atoms with Crippen molar-refractivity contribution in [2.75, 3.05) is 20.6 Å². The van der Waals surface area contributed by atoms with Gasteiger partial charge in [-0.05, 0) is 64.9 Å². The number of fused-ring (bicyclic) bond motifs is 3. The average molecular weight is 321 g/mol. The van der Waals surface area contributed by atoms with Gasteiger partial charge in [-0.1, -0.05) is 25.1 Å². The molecule has 122 valence electrons. The summed E-state index contributed by atoms with van der Waals surface area (Å²) in [5.74, 6) is 0. The highest BCUT2D eigenvalue weighted by atomic mass is 35.5. The van der Waals surface area contributed by atoms with Crippen LogP contribution in [0.5, 0.6) is 0 Å². The van der Waals surface area contributed by atoms with E-state index < -0.39 is 0 Å². The van der Waals surface area contributed by atoms with Crippen LogP contribution in [-0.4, -0.2) is 30.1 Å². The lowest BCUT2D eigenvalue weighted by Gasteiger charge is -2.37. The van der Waals surface area contributed by atoms with Gasteiger partial charge in [0.1, 0.15) is 0 Å². The Balaban J connectivity index is 0.00000176. The van der Waals surface area contributed by atoms with Gasteiger partial charge in [-0.2, -0.15) is 0 Å². The van der Waals surface area contributed by atoms with Crippen molar-refractivity contribution in [3.63, 3.8) is 0 Å². The third kappa shape index (κ3) is 2.79. The number of para-hydroxylation sites is 1. The minimum atomic E-state index is 0. The summed E-state index contributed by atoms with van der Waals surface area (Å²) in [6, 6.07) is 8.98. The molecule has 1 aromatic carbocycles. The molecule has 1 aliphatic rings. The van der Waals surface area contributed by atoms with Gasteiger partial charge >= 0.3 is 0 Å². The number of aryl methyl sites for hydroxylation is 2. The molecule has 0 spiro atoms. The van der Waals surface area contributed by atoms with Crippen LogP contribution in [0.25, 0.3) is 10.9 Å². The molecule has 0 fully saturated rings. The van der Waals surface area contributed by atoms with Crippen LogP contribution >= 0.6 is 12.4 Å². The topological polar surface area (TPSA) is 8.17 Å². The molecule has 1 aromatic heterocycles. The molecule has 22 heavy (non-hydrogen) atoms. The van der Waals surface area contributed by atoms with E-state index in [4.69, 9.17) is 0 Å². The molecule has 3 rings (SSSR count). The normalized spacial score (nSPS) is 21.0. The van der Waals surface area contributed by atoms with Crippen LogP contribution in [0.1, 0.15) is 44.4 Å². The van der Waals surface area contributed by atoms with Gasteiger partial charge in [0, 0.05) is 28.6 Å². The molecular formula is C19H29ClN2. The molecule has 1 heterocycles. The highest BCUT2D eigenvalue weighted by molar-refractivity contribution is 5.86. The van der Waals surface area contributed by atoms with E-state index in [2.05, 4.69) is 61.7 Å². The summed E-state index contributed by atoms with van der Waals surface area (Å²) >= 11 is 0. The van der Waals surface area contributed by atoms with Crippen LogP contribution < -0.4 is 0 Å². The van der Waals surface area contributed by atoms with Crippen LogP contribution in [0.4, 0.5) is 0 Å². The molecule has 0 saturated carbocycles. The fourth-order valence-electron chi connectivity index (χ4n) is 4.13. The Kier molecular flexibility index (Phi) is 5.24. The summed E-state index contributed by atoms with van der Waals surface area (Å²) in [5, 5.41) is 1.49. The quantitative estimate of drug-likeness (QED) is 0.797. The Morgan fingerprint density at radius 3 is 2.64 bits per heavy atom. The number of rotatable bonds is 4. The largest absolute Gasteiger partial charge is 0.344 e. The smallest absolute Gasteiger partial charge is 0.0485 e. The summed E-state index contributed by atoms with van der Waals surface area (Å²) < 4.78 is 2.58. The summed E-state index contributed by atoms with van der Waals surface area (Å²) in [5.41, 5.74) is 5.01. The molecule has 2 aromatic rings. The maximum absolute atomic E-state index is 2.58. The van der Waals surface area contributed by atoms with Crippen LogP contribution in [0, 0.1) is 0 Å². The molecule has 3 heteroatoms. The Hall–Kier alpha value is -0.990. The predicted octanol–water partition coefficient (Wildman–Crippen LogP) is 4.63. The Morgan fingerprint density at radius 1 is 1.23 bits per heavy atom. The zero-order valence-electron chi connectivity index (χ0n) is 14.4. The SMILES string of the molecule is CCn1c2c(c3ccccc31)CCCC2(C)CCN(C)C.Cl. The summed E-state index contributed by atoms with van der Waals surface area (Å²) in [7, 11) is 4.37. The van der Waals surface area contributed by atoms with Gasteiger partial charge in [0.2, 0.25) is 0 Å². The van der Waals surface area contributed by atoms with Crippen LogP contribution in [0.2, 0.25) is 0 Å². The fraction of sp³-hybridized carbons (Fsp3) is 0.579. The van der Waals surface area contributed by atoms with Crippen LogP contribution in [0.3, 0.4) is 0 Å². The Morgan fingerprint density at radius 2 is 1.95 bits per heavy atom. The van der Waals surface area contributed by atoms with Gasteiger partial charge in [-0.15, -0.1) is 12.4 Å². The van der Waals surface area contributed by atoms with Gasteiger partial charge in [0.25, 0.3) is 0 Å². The van der Waals surface area contributed by atoms with E-state index in [1.807, 2.05) is 0 Å². The standard InChI is InChI=1S/C19H28N2.ClH/c1-5-21-17-11-7-6-9-15(17)16-10-8-12-19(2,18(16)21)13-14-20(3)4;/h6-7,9,11H,5,8,10,12-14H2,1-4H3;1H. The number of halogens is 1. The van der Waals surface area contributed by atoms with Gasteiger partial charge in [-0.3, -0.25) is 0 Å². The van der Waals surface area contributed by atoms with E-state index in [0.717, 1.165) is 6.54 Å².